The Labute approximate surface area is 250 Å². The Morgan fingerprint density at radius 2 is 1.93 bits per heavy atom. The highest BCUT2D eigenvalue weighted by molar-refractivity contribution is 6.30. The molecule has 9 nitrogen and oxygen atoms in total. The molecule has 0 saturated carbocycles. The van der Waals surface area contributed by atoms with Gasteiger partial charge in [-0.3, -0.25) is 9.78 Å². The van der Waals surface area contributed by atoms with Crippen LogP contribution in [-0.2, 0) is 17.9 Å². The third kappa shape index (κ3) is 6.23. The molecule has 0 radical (unpaired) electrons. The van der Waals surface area contributed by atoms with Crippen molar-refractivity contribution < 1.29 is 14.4 Å². The Morgan fingerprint density at radius 3 is 2.71 bits per heavy atom. The number of hydrogen-bond acceptors (Lipinski definition) is 7. The van der Waals surface area contributed by atoms with Crippen molar-refractivity contribution >= 4 is 34.1 Å². The van der Waals surface area contributed by atoms with Gasteiger partial charge in [-0.15, -0.1) is 0 Å². The maximum atomic E-state index is 13.3. The van der Waals surface area contributed by atoms with Crippen molar-refractivity contribution in [1.29, 1.82) is 0 Å². The molecule has 2 N–H and O–H groups in total. The van der Waals surface area contributed by atoms with Crippen molar-refractivity contribution in [2.24, 2.45) is 5.92 Å². The van der Waals surface area contributed by atoms with E-state index in [4.69, 9.17) is 21.2 Å². The summed E-state index contributed by atoms with van der Waals surface area (Å²) in [5, 5.41) is 6.48. The first-order chi connectivity index (χ1) is 20.6. The molecule has 10 heteroatoms. The third-order valence-corrected chi connectivity index (χ3v) is 8.23. The minimum Gasteiger partial charge on any atom is -0.495 e. The SMILES string of the molecule is COc1cccc2c(C(=O)NCc3cccc(Cl)c3)cn(CCCN3CCC(C4=CN(c5ccncc5)NO4)CC3)c12. The van der Waals surface area contributed by atoms with Gasteiger partial charge in [-0.05, 0) is 74.8 Å². The van der Waals surface area contributed by atoms with Crippen LogP contribution in [0.4, 0.5) is 5.69 Å². The molecule has 6 rings (SSSR count). The molecule has 0 atom stereocenters. The Hall–Kier alpha value is -4.05. The van der Waals surface area contributed by atoms with Gasteiger partial charge in [0.2, 0.25) is 0 Å². The van der Waals surface area contributed by atoms with Gasteiger partial charge in [-0.1, -0.05) is 41.5 Å². The molecule has 0 unspecified atom stereocenters. The number of allylic oxidation sites excluding steroid dienone is 1. The highest BCUT2D eigenvalue weighted by atomic mass is 35.5. The van der Waals surface area contributed by atoms with E-state index in [1.807, 2.05) is 72.0 Å². The first kappa shape index (κ1) is 28.1. The number of hydrazine groups is 1. The number of aryl methyl sites for hydroxylation is 1. The average molecular weight is 587 g/mol. The van der Waals surface area contributed by atoms with Crippen LogP contribution in [0.1, 0.15) is 35.2 Å². The fraction of sp³-hybridized carbons (Fsp3) is 0.312. The lowest BCUT2D eigenvalue weighted by Gasteiger charge is -2.31. The molecule has 2 aliphatic rings. The minimum absolute atomic E-state index is 0.116. The summed E-state index contributed by atoms with van der Waals surface area (Å²) in [5.74, 6) is 2.03. The normalized spacial score (nSPS) is 16.0. The Bertz CT molecular complexity index is 1570. The van der Waals surface area contributed by atoms with Crippen LogP contribution in [0.5, 0.6) is 5.75 Å². The number of anilines is 1. The fourth-order valence-corrected chi connectivity index (χ4v) is 5.99. The summed E-state index contributed by atoms with van der Waals surface area (Å²) in [7, 11) is 1.67. The summed E-state index contributed by atoms with van der Waals surface area (Å²) in [6, 6.07) is 17.3. The lowest BCUT2D eigenvalue weighted by atomic mass is 9.95. The van der Waals surface area contributed by atoms with Crippen LogP contribution in [-0.4, -0.2) is 47.1 Å². The summed E-state index contributed by atoms with van der Waals surface area (Å²) in [6.45, 7) is 4.23. The minimum atomic E-state index is -0.116. The number of piperidine rings is 1. The van der Waals surface area contributed by atoms with Gasteiger partial charge in [0.15, 0.2) is 0 Å². The molecule has 4 aromatic rings. The number of carbonyl (C=O) groups excluding carboxylic acids is 1. The van der Waals surface area contributed by atoms with Gasteiger partial charge in [0, 0.05) is 48.0 Å². The predicted octanol–water partition coefficient (Wildman–Crippen LogP) is 5.53. The molecule has 0 aliphatic carbocycles. The lowest BCUT2D eigenvalue weighted by Crippen LogP contribution is -2.35. The van der Waals surface area contributed by atoms with Crippen LogP contribution in [0, 0.1) is 5.92 Å². The van der Waals surface area contributed by atoms with Crippen molar-refractivity contribution in [2.45, 2.75) is 32.4 Å². The largest absolute Gasteiger partial charge is 0.495 e. The number of rotatable bonds is 10. The maximum Gasteiger partial charge on any atom is 0.253 e. The van der Waals surface area contributed by atoms with Crippen LogP contribution in [0.25, 0.3) is 10.9 Å². The van der Waals surface area contributed by atoms with Crippen LogP contribution in [0.15, 0.2) is 85.1 Å². The first-order valence-electron chi connectivity index (χ1n) is 14.3. The number of methoxy groups -OCH3 is 1. The molecule has 218 valence electrons. The van der Waals surface area contributed by atoms with Crippen LogP contribution >= 0.6 is 11.6 Å². The molecule has 2 aromatic carbocycles. The van der Waals surface area contributed by atoms with Crippen molar-refractivity contribution in [3.05, 3.63) is 101 Å². The average Bonchev–Trinajstić information content (AvgIpc) is 3.67. The van der Waals surface area contributed by atoms with Crippen molar-refractivity contribution in [2.75, 3.05) is 31.8 Å². The maximum absolute atomic E-state index is 13.3. The highest BCUT2D eigenvalue weighted by Gasteiger charge is 2.28. The van der Waals surface area contributed by atoms with Gasteiger partial charge < -0.3 is 24.4 Å². The molecule has 2 aliphatic heterocycles. The van der Waals surface area contributed by atoms with E-state index in [-0.39, 0.29) is 5.91 Å². The second kappa shape index (κ2) is 12.9. The van der Waals surface area contributed by atoms with Gasteiger partial charge >= 0.3 is 0 Å². The van der Waals surface area contributed by atoms with E-state index in [1.165, 1.54) is 0 Å². The molecule has 4 heterocycles. The number of aromatic nitrogens is 2. The second-order valence-electron chi connectivity index (χ2n) is 10.7. The Morgan fingerprint density at radius 1 is 1.12 bits per heavy atom. The lowest BCUT2D eigenvalue weighted by molar-refractivity contribution is 0.0845. The topological polar surface area (TPSA) is 83.9 Å². The smallest absolute Gasteiger partial charge is 0.253 e. The van der Waals surface area contributed by atoms with Gasteiger partial charge in [-0.25, -0.2) is 5.01 Å². The number of nitrogens with one attached hydrogen (secondary N) is 2. The van der Waals surface area contributed by atoms with E-state index in [9.17, 15) is 4.79 Å². The summed E-state index contributed by atoms with van der Waals surface area (Å²) >= 11 is 6.11. The zero-order valence-corrected chi connectivity index (χ0v) is 24.4. The molecule has 1 fully saturated rings. The zero-order valence-electron chi connectivity index (χ0n) is 23.6. The zero-order chi connectivity index (χ0) is 28.9. The van der Waals surface area contributed by atoms with E-state index < -0.39 is 0 Å². The number of fused-ring (bicyclic) bond motifs is 1. The van der Waals surface area contributed by atoms with E-state index in [0.29, 0.717) is 23.0 Å². The number of halogens is 1. The number of amides is 1. The van der Waals surface area contributed by atoms with Crippen molar-refractivity contribution in [1.82, 2.24) is 25.4 Å². The molecule has 1 amide bonds. The predicted molar refractivity (Wildman–Crippen MR) is 164 cm³/mol. The van der Waals surface area contributed by atoms with Crippen LogP contribution in [0.2, 0.25) is 5.02 Å². The van der Waals surface area contributed by atoms with E-state index in [0.717, 1.165) is 79.1 Å². The van der Waals surface area contributed by atoms with Gasteiger partial charge in [0.05, 0.1) is 30.1 Å². The van der Waals surface area contributed by atoms with Crippen LogP contribution < -0.4 is 20.7 Å². The van der Waals surface area contributed by atoms with Gasteiger partial charge in [0.1, 0.15) is 11.5 Å². The number of ether oxygens (including phenoxy) is 1. The van der Waals surface area contributed by atoms with Crippen molar-refractivity contribution in [3.63, 3.8) is 0 Å². The molecule has 42 heavy (non-hydrogen) atoms. The quantitative estimate of drug-likeness (QED) is 0.253. The number of pyridine rings is 1. The molecular weight excluding hydrogens is 552 g/mol. The van der Waals surface area contributed by atoms with Gasteiger partial charge in [0.25, 0.3) is 5.91 Å². The summed E-state index contributed by atoms with van der Waals surface area (Å²) in [6.07, 6.45) is 10.6. The van der Waals surface area contributed by atoms with E-state index in [2.05, 4.69) is 25.4 Å². The van der Waals surface area contributed by atoms with E-state index in [1.54, 1.807) is 19.5 Å². The molecular formula is C32H35ClN6O3. The number of para-hydroxylation sites is 1. The molecule has 1 saturated heterocycles. The molecule has 0 spiro atoms. The van der Waals surface area contributed by atoms with Crippen LogP contribution in [0.3, 0.4) is 0 Å². The Kier molecular flexibility index (Phi) is 8.60. The third-order valence-electron chi connectivity index (χ3n) is 7.99. The first-order valence-corrected chi connectivity index (χ1v) is 14.7. The summed E-state index contributed by atoms with van der Waals surface area (Å²) in [4.78, 5) is 25.7. The number of hydrogen-bond donors (Lipinski definition) is 2. The van der Waals surface area contributed by atoms with E-state index >= 15 is 0 Å². The summed E-state index contributed by atoms with van der Waals surface area (Å²) in [5.41, 5.74) is 6.53. The fourth-order valence-electron chi connectivity index (χ4n) is 5.78. The number of nitrogens with zero attached hydrogens (tertiary/aromatic N) is 4. The Balaban J connectivity index is 1.05. The second-order valence-corrected chi connectivity index (χ2v) is 11.1. The standard InChI is InChI=1S/C32H35ClN6O3/c1-41-29-8-3-7-27-28(32(40)35-20-23-5-2-6-25(33)19-23)21-38(31(27)29)16-4-15-37-17-11-24(12-18-37)30-22-39(36-42-30)26-9-13-34-14-10-26/h2-3,5-10,13-14,19,21-22,24,36H,4,11-12,15-18,20H2,1H3,(H,35,40). The molecule has 0 bridgehead atoms. The molecule has 2 aromatic heterocycles. The van der Waals surface area contributed by atoms with Crippen molar-refractivity contribution in [3.8, 4) is 5.75 Å². The number of likely N-dealkylation sites (tertiary alicyclic amines) is 1. The number of benzene rings is 2. The van der Waals surface area contributed by atoms with Gasteiger partial charge in [-0.2, -0.15) is 0 Å². The monoisotopic (exact) mass is 586 g/mol. The highest BCUT2D eigenvalue weighted by Crippen LogP contribution is 2.31. The number of carbonyl (C=O) groups is 1. The summed E-state index contributed by atoms with van der Waals surface area (Å²) < 4.78 is 7.85.